The standard InChI is InChI=1S/C23H28N4O5/c1-7-32-23(29)18-13(2)19(25-14(18)3)22(28)26-20(21-24-8-9-27(21)4)15-10-16(30-5)12-17(11-15)31-6/h8-12,20,25H,7H2,1-6H3,(H,26,28)/t20-/m0/s1. The van der Waals surface area contributed by atoms with Crippen molar-refractivity contribution in [1.29, 1.82) is 0 Å². The molecular formula is C23H28N4O5. The maximum atomic E-state index is 13.3. The SMILES string of the molecule is CCOC(=O)c1c(C)[nH]c(C(=O)N[C@@H](c2cc(OC)cc(OC)c2)c2nccn2C)c1C. The molecule has 0 saturated carbocycles. The van der Waals surface area contributed by atoms with Gasteiger partial charge >= 0.3 is 5.97 Å². The van der Waals surface area contributed by atoms with Crippen LogP contribution in [0.4, 0.5) is 0 Å². The summed E-state index contributed by atoms with van der Waals surface area (Å²) < 4.78 is 17.7. The zero-order valence-electron chi connectivity index (χ0n) is 19.1. The Morgan fingerprint density at radius 1 is 1.16 bits per heavy atom. The maximum Gasteiger partial charge on any atom is 0.340 e. The molecule has 0 aliphatic rings. The number of esters is 1. The Balaban J connectivity index is 2.02. The molecule has 0 aliphatic heterocycles. The minimum absolute atomic E-state index is 0.253. The summed E-state index contributed by atoms with van der Waals surface area (Å²) >= 11 is 0. The Kier molecular flexibility index (Phi) is 6.87. The van der Waals surface area contributed by atoms with Crippen LogP contribution in [-0.4, -0.2) is 47.2 Å². The highest BCUT2D eigenvalue weighted by molar-refractivity contribution is 6.00. The number of carbonyl (C=O) groups is 2. The number of methoxy groups -OCH3 is 2. The van der Waals surface area contributed by atoms with Gasteiger partial charge in [0.1, 0.15) is 29.1 Å². The van der Waals surface area contributed by atoms with Crippen molar-refractivity contribution in [2.45, 2.75) is 26.8 Å². The second-order valence-electron chi connectivity index (χ2n) is 7.29. The van der Waals surface area contributed by atoms with Gasteiger partial charge in [-0.25, -0.2) is 9.78 Å². The zero-order valence-corrected chi connectivity index (χ0v) is 19.1. The van der Waals surface area contributed by atoms with E-state index in [2.05, 4.69) is 15.3 Å². The Bertz CT molecular complexity index is 1110. The maximum absolute atomic E-state index is 13.3. The van der Waals surface area contributed by atoms with Crippen LogP contribution in [0.3, 0.4) is 0 Å². The number of carbonyl (C=O) groups excluding carboxylic acids is 2. The van der Waals surface area contributed by atoms with Gasteiger partial charge in [-0.3, -0.25) is 4.79 Å². The number of aromatic nitrogens is 3. The van der Waals surface area contributed by atoms with Crippen molar-refractivity contribution in [3.05, 3.63) is 64.5 Å². The Morgan fingerprint density at radius 3 is 2.34 bits per heavy atom. The van der Waals surface area contributed by atoms with Crippen LogP contribution >= 0.6 is 0 Å². The molecule has 0 bridgehead atoms. The van der Waals surface area contributed by atoms with E-state index >= 15 is 0 Å². The normalized spacial score (nSPS) is 11.7. The number of rotatable bonds is 8. The number of H-pyrrole nitrogens is 1. The van der Waals surface area contributed by atoms with E-state index in [1.807, 2.05) is 23.7 Å². The lowest BCUT2D eigenvalue weighted by molar-refractivity contribution is 0.0525. The first-order valence-electron chi connectivity index (χ1n) is 10.2. The lowest BCUT2D eigenvalue weighted by atomic mass is 10.0. The molecule has 0 aliphatic carbocycles. The van der Waals surface area contributed by atoms with E-state index < -0.39 is 12.0 Å². The van der Waals surface area contributed by atoms with Gasteiger partial charge in [-0.1, -0.05) is 0 Å². The molecule has 32 heavy (non-hydrogen) atoms. The van der Waals surface area contributed by atoms with Crippen LogP contribution in [0.25, 0.3) is 0 Å². The molecule has 3 rings (SSSR count). The number of aryl methyl sites for hydroxylation is 2. The molecule has 0 fully saturated rings. The average molecular weight is 441 g/mol. The second kappa shape index (κ2) is 9.59. The quantitative estimate of drug-likeness (QED) is 0.521. The van der Waals surface area contributed by atoms with Crippen molar-refractivity contribution in [3.8, 4) is 11.5 Å². The molecule has 0 radical (unpaired) electrons. The number of ether oxygens (including phenoxy) is 3. The number of imidazole rings is 1. The highest BCUT2D eigenvalue weighted by atomic mass is 16.5. The highest BCUT2D eigenvalue weighted by Crippen LogP contribution is 2.30. The van der Waals surface area contributed by atoms with E-state index in [4.69, 9.17) is 14.2 Å². The molecule has 2 N–H and O–H groups in total. The van der Waals surface area contributed by atoms with Crippen LogP contribution in [0.1, 0.15) is 56.5 Å². The summed E-state index contributed by atoms with van der Waals surface area (Å²) in [5.41, 5.74) is 2.49. The molecule has 2 heterocycles. The first-order valence-corrected chi connectivity index (χ1v) is 10.2. The van der Waals surface area contributed by atoms with Gasteiger partial charge in [0, 0.05) is 31.2 Å². The largest absolute Gasteiger partial charge is 0.497 e. The van der Waals surface area contributed by atoms with E-state index in [0.29, 0.717) is 39.8 Å². The van der Waals surface area contributed by atoms with Gasteiger partial charge < -0.3 is 29.1 Å². The molecule has 0 unspecified atom stereocenters. The van der Waals surface area contributed by atoms with Gasteiger partial charge in [0.15, 0.2) is 0 Å². The van der Waals surface area contributed by atoms with Gasteiger partial charge in [-0.15, -0.1) is 0 Å². The summed E-state index contributed by atoms with van der Waals surface area (Å²) in [5.74, 6) is 0.959. The third-order valence-electron chi connectivity index (χ3n) is 5.24. The average Bonchev–Trinajstić information content (AvgIpc) is 3.33. The topological polar surface area (TPSA) is 107 Å². The van der Waals surface area contributed by atoms with Gasteiger partial charge in [-0.2, -0.15) is 0 Å². The molecule has 1 atom stereocenters. The van der Waals surface area contributed by atoms with Crippen molar-refractivity contribution in [3.63, 3.8) is 0 Å². The summed E-state index contributed by atoms with van der Waals surface area (Å²) in [6, 6.07) is 4.80. The first kappa shape index (κ1) is 22.9. The number of hydrogen-bond acceptors (Lipinski definition) is 6. The van der Waals surface area contributed by atoms with Crippen molar-refractivity contribution in [2.75, 3.05) is 20.8 Å². The van der Waals surface area contributed by atoms with E-state index in [0.717, 1.165) is 5.56 Å². The number of benzene rings is 1. The lowest BCUT2D eigenvalue weighted by Crippen LogP contribution is -2.32. The molecule has 0 spiro atoms. The molecular weight excluding hydrogens is 412 g/mol. The lowest BCUT2D eigenvalue weighted by Gasteiger charge is -2.20. The summed E-state index contributed by atoms with van der Waals surface area (Å²) in [4.78, 5) is 33.1. The summed E-state index contributed by atoms with van der Waals surface area (Å²) in [6.07, 6.45) is 3.46. The Hall–Kier alpha value is -3.75. The van der Waals surface area contributed by atoms with Gasteiger partial charge in [-0.05, 0) is 44.0 Å². The van der Waals surface area contributed by atoms with Crippen LogP contribution in [0.15, 0.2) is 30.6 Å². The predicted molar refractivity (Wildman–Crippen MR) is 118 cm³/mol. The first-order chi connectivity index (χ1) is 15.3. The third kappa shape index (κ3) is 4.46. The number of nitrogens with one attached hydrogen (secondary N) is 2. The van der Waals surface area contributed by atoms with E-state index in [-0.39, 0.29) is 12.5 Å². The van der Waals surface area contributed by atoms with Crippen LogP contribution in [0.5, 0.6) is 11.5 Å². The number of hydrogen-bond donors (Lipinski definition) is 2. The third-order valence-corrected chi connectivity index (χ3v) is 5.24. The number of nitrogens with zero attached hydrogens (tertiary/aromatic N) is 2. The molecule has 3 aromatic rings. The predicted octanol–water partition coefficient (Wildman–Crippen LogP) is 3.08. The fourth-order valence-corrected chi connectivity index (χ4v) is 3.64. The zero-order chi connectivity index (χ0) is 23.4. The van der Waals surface area contributed by atoms with Crippen molar-refractivity contribution < 1.29 is 23.8 Å². The van der Waals surface area contributed by atoms with Crippen molar-refractivity contribution in [1.82, 2.24) is 19.9 Å². The van der Waals surface area contributed by atoms with Crippen LogP contribution in [-0.2, 0) is 11.8 Å². The van der Waals surface area contributed by atoms with Crippen LogP contribution < -0.4 is 14.8 Å². The van der Waals surface area contributed by atoms with Crippen molar-refractivity contribution >= 4 is 11.9 Å². The van der Waals surface area contributed by atoms with Gasteiger partial charge in [0.25, 0.3) is 5.91 Å². The molecule has 1 aromatic carbocycles. The second-order valence-corrected chi connectivity index (χ2v) is 7.29. The minimum Gasteiger partial charge on any atom is -0.497 e. The Labute approximate surface area is 186 Å². The molecule has 2 aromatic heterocycles. The van der Waals surface area contributed by atoms with Crippen molar-refractivity contribution in [2.24, 2.45) is 7.05 Å². The minimum atomic E-state index is -0.597. The number of amides is 1. The monoisotopic (exact) mass is 440 g/mol. The molecule has 0 saturated heterocycles. The highest BCUT2D eigenvalue weighted by Gasteiger charge is 2.27. The molecule has 1 amide bonds. The Morgan fingerprint density at radius 2 is 1.81 bits per heavy atom. The summed E-state index contributed by atoms with van der Waals surface area (Å²) in [5, 5.41) is 3.03. The summed E-state index contributed by atoms with van der Waals surface area (Å²) in [7, 11) is 4.98. The fourth-order valence-electron chi connectivity index (χ4n) is 3.64. The van der Waals surface area contributed by atoms with E-state index in [1.54, 1.807) is 53.5 Å². The van der Waals surface area contributed by atoms with Gasteiger partial charge in [0.2, 0.25) is 0 Å². The molecule has 170 valence electrons. The van der Waals surface area contributed by atoms with Crippen LogP contribution in [0.2, 0.25) is 0 Å². The molecule has 9 heteroatoms. The molecule has 9 nitrogen and oxygen atoms in total. The van der Waals surface area contributed by atoms with Gasteiger partial charge in [0.05, 0.1) is 26.4 Å². The number of aromatic amines is 1. The van der Waals surface area contributed by atoms with E-state index in [9.17, 15) is 9.59 Å². The fraction of sp³-hybridized carbons (Fsp3) is 0.348. The van der Waals surface area contributed by atoms with E-state index in [1.165, 1.54) is 0 Å². The summed E-state index contributed by atoms with van der Waals surface area (Å²) in [6.45, 7) is 5.44. The van der Waals surface area contributed by atoms with Crippen LogP contribution in [0, 0.1) is 13.8 Å². The smallest absolute Gasteiger partial charge is 0.340 e.